The van der Waals surface area contributed by atoms with Crippen LogP contribution < -0.4 is 0 Å². The zero-order valence-electron chi connectivity index (χ0n) is 9.64. The minimum absolute atomic E-state index is 0.248. The average Bonchev–Trinajstić information content (AvgIpc) is 2.95. The van der Waals surface area contributed by atoms with Crippen LogP contribution in [0.4, 0.5) is 0 Å². The fourth-order valence-electron chi connectivity index (χ4n) is 2.04. The monoisotopic (exact) mass is 247 g/mol. The van der Waals surface area contributed by atoms with Crippen molar-refractivity contribution in [2.24, 2.45) is 0 Å². The van der Waals surface area contributed by atoms with Crippen LogP contribution in [0.15, 0.2) is 12.4 Å². The highest BCUT2D eigenvalue weighted by Crippen LogP contribution is 2.32. The van der Waals surface area contributed by atoms with E-state index in [1.54, 1.807) is 0 Å². The van der Waals surface area contributed by atoms with Gasteiger partial charge in [0.1, 0.15) is 5.01 Å². The van der Waals surface area contributed by atoms with Crippen LogP contribution in [0.25, 0.3) is 10.6 Å². The second-order valence-corrected chi connectivity index (χ2v) is 5.16. The van der Waals surface area contributed by atoms with Crippen molar-refractivity contribution in [3.8, 4) is 10.6 Å². The smallest absolute Gasteiger partial charge is 0.174 e. The van der Waals surface area contributed by atoms with Crippen LogP contribution in [0.5, 0.6) is 0 Å². The Morgan fingerprint density at radius 3 is 3.06 bits per heavy atom. The van der Waals surface area contributed by atoms with Crippen LogP contribution in [0, 0.1) is 0 Å². The van der Waals surface area contributed by atoms with Gasteiger partial charge >= 0.3 is 0 Å². The number of ketones is 1. The summed E-state index contributed by atoms with van der Waals surface area (Å²) in [6.07, 6.45) is 6.33. The summed E-state index contributed by atoms with van der Waals surface area (Å²) in [5, 5.41) is 5.16. The number of aryl methyl sites for hydroxylation is 2. The molecule has 88 valence electrons. The zero-order valence-corrected chi connectivity index (χ0v) is 10.5. The van der Waals surface area contributed by atoms with Gasteiger partial charge in [-0.25, -0.2) is 4.98 Å². The van der Waals surface area contributed by atoms with E-state index in [2.05, 4.69) is 10.1 Å². The molecule has 0 aliphatic heterocycles. The molecule has 3 rings (SSSR count). The molecule has 0 spiro atoms. The molecule has 0 saturated carbocycles. The minimum atomic E-state index is 0.248. The number of hydrogen-bond donors (Lipinski definition) is 0. The average molecular weight is 247 g/mol. The first-order valence-corrected chi connectivity index (χ1v) is 6.65. The number of thiazole rings is 1. The van der Waals surface area contributed by atoms with Gasteiger partial charge in [-0.3, -0.25) is 9.48 Å². The highest BCUT2D eigenvalue weighted by molar-refractivity contribution is 7.17. The minimum Gasteiger partial charge on any atom is -0.293 e. The molecule has 17 heavy (non-hydrogen) atoms. The summed E-state index contributed by atoms with van der Waals surface area (Å²) in [7, 11) is 0. The molecule has 2 heterocycles. The number of Topliss-reactive ketones (excluding diaryl/α,β-unsaturated/α-hetero) is 1. The standard InChI is InChI=1S/C12H13N3OS/c1-2-15-7-8(6-13-15)12-14-9-4-3-5-10(16)11(9)17-12/h6-7H,2-5H2,1H3. The lowest BCUT2D eigenvalue weighted by molar-refractivity contribution is 0.0976. The highest BCUT2D eigenvalue weighted by atomic mass is 32.1. The summed E-state index contributed by atoms with van der Waals surface area (Å²) in [6, 6.07) is 0. The normalized spacial score (nSPS) is 15.0. The summed E-state index contributed by atoms with van der Waals surface area (Å²) < 4.78 is 1.87. The number of carbonyl (C=O) groups is 1. The maximum atomic E-state index is 11.7. The zero-order chi connectivity index (χ0) is 11.8. The molecule has 1 aliphatic rings. The molecule has 0 amide bonds. The molecule has 4 nitrogen and oxygen atoms in total. The van der Waals surface area contributed by atoms with E-state index in [0.717, 1.165) is 40.5 Å². The quantitative estimate of drug-likeness (QED) is 0.819. The number of hydrogen-bond acceptors (Lipinski definition) is 4. The van der Waals surface area contributed by atoms with Gasteiger partial charge in [0.2, 0.25) is 0 Å². The molecule has 0 saturated heterocycles. The van der Waals surface area contributed by atoms with Crippen molar-refractivity contribution in [2.75, 3.05) is 0 Å². The first-order valence-electron chi connectivity index (χ1n) is 5.83. The van der Waals surface area contributed by atoms with E-state index < -0.39 is 0 Å². The second kappa shape index (κ2) is 4.07. The van der Waals surface area contributed by atoms with Crippen LogP contribution in [0.3, 0.4) is 0 Å². The van der Waals surface area contributed by atoms with Gasteiger partial charge in [0.15, 0.2) is 5.78 Å². The van der Waals surface area contributed by atoms with Gasteiger partial charge in [-0.05, 0) is 19.8 Å². The first kappa shape index (κ1) is 10.7. The van der Waals surface area contributed by atoms with Crippen molar-refractivity contribution in [1.82, 2.24) is 14.8 Å². The lowest BCUT2D eigenvalue weighted by atomic mass is 10.0. The molecule has 1 aliphatic carbocycles. The van der Waals surface area contributed by atoms with E-state index in [-0.39, 0.29) is 5.78 Å². The van der Waals surface area contributed by atoms with Crippen LogP contribution in [-0.2, 0) is 13.0 Å². The number of aromatic nitrogens is 3. The summed E-state index contributed by atoms with van der Waals surface area (Å²) in [5.74, 6) is 0.248. The molecule has 0 aromatic carbocycles. The van der Waals surface area contributed by atoms with E-state index in [9.17, 15) is 4.79 Å². The second-order valence-electron chi connectivity index (χ2n) is 4.16. The lowest BCUT2D eigenvalue weighted by Gasteiger charge is -2.06. The Balaban J connectivity index is 2.01. The third-order valence-electron chi connectivity index (χ3n) is 2.97. The maximum absolute atomic E-state index is 11.7. The molecular formula is C12H13N3OS. The van der Waals surface area contributed by atoms with E-state index >= 15 is 0 Å². The molecule has 0 fully saturated rings. The van der Waals surface area contributed by atoms with Gasteiger partial charge in [0, 0.05) is 24.7 Å². The summed E-state index contributed by atoms with van der Waals surface area (Å²) in [4.78, 5) is 17.2. The van der Waals surface area contributed by atoms with E-state index in [4.69, 9.17) is 0 Å². The van der Waals surface area contributed by atoms with E-state index in [1.807, 2.05) is 24.0 Å². The molecule has 0 N–H and O–H groups in total. The van der Waals surface area contributed by atoms with Crippen LogP contribution in [-0.4, -0.2) is 20.5 Å². The Bertz CT molecular complexity index is 570. The highest BCUT2D eigenvalue weighted by Gasteiger charge is 2.22. The molecule has 5 heteroatoms. The summed E-state index contributed by atoms with van der Waals surface area (Å²) >= 11 is 1.51. The van der Waals surface area contributed by atoms with Gasteiger partial charge in [-0.15, -0.1) is 11.3 Å². The SMILES string of the molecule is CCn1cc(-c2nc3c(s2)C(=O)CCC3)cn1. The van der Waals surface area contributed by atoms with Crippen molar-refractivity contribution in [1.29, 1.82) is 0 Å². The number of rotatable bonds is 2. The van der Waals surface area contributed by atoms with Gasteiger partial charge in [0.25, 0.3) is 0 Å². The summed E-state index contributed by atoms with van der Waals surface area (Å²) in [6.45, 7) is 2.90. The topological polar surface area (TPSA) is 47.8 Å². The Morgan fingerprint density at radius 1 is 1.47 bits per heavy atom. The van der Waals surface area contributed by atoms with Gasteiger partial charge < -0.3 is 0 Å². The predicted octanol–water partition coefficient (Wildman–Crippen LogP) is 2.55. The predicted molar refractivity (Wildman–Crippen MR) is 66.3 cm³/mol. The molecule has 0 bridgehead atoms. The maximum Gasteiger partial charge on any atom is 0.174 e. The molecule has 0 radical (unpaired) electrons. The molecule has 2 aromatic heterocycles. The third kappa shape index (κ3) is 1.80. The van der Waals surface area contributed by atoms with Crippen molar-refractivity contribution in [3.05, 3.63) is 23.0 Å². The van der Waals surface area contributed by atoms with Crippen molar-refractivity contribution < 1.29 is 4.79 Å². The van der Waals surface area contributed by atoms with E-state index in [0.29, 0.717) is 6.42 Å². The van der Waals surface area contributed by atoms with Gasteiger partial charge in [-0.2, -0.15) is 5.10 Å². The van der Waals surface area contributed by atoms with Gasteiger partial charge in [0.05, 0.1) is 16.8 Å². The van der Waals surface area contributed by atoms with Crippen LogP contribution in [0.1, 0.15) is 35.1 Å². The molecule has 0 atom stereocenters. The number of carbonyl (C=O) groups excluding carboxylic acids is 1. The Morgan fingerprint density at radius 2 is 2.35 bits per heavy atom. The molecule has 2 aromatic rings. The Kier molecular flexibility index (Phi) is 2.55. The van der Waals surface area contributed by atoms with Gasteiger partial charge in [-0.1, -0.05) is 0 Å². The van der Waals surface area contributed by atoms with Crippen LogP contribution >= 0.6 is 11.3 Å². The fraction of sp³-hybridized carbons (Fsp3) is 0.417. The summed E-state index contributed by atoms with van der Waals surface area (Å²) in [5.41, 5.74) is 1.99. The largest absolute Gasteiger partial charge is 0.293 e. The van der Waals surface area contributed by atoms with Crippen molar-refractivity contribution >= 4 is 17.1 Å². The van der Waals surface area contributed by atoms with Crippen molar-refractivity contribution in [3.63, 3.8) is 0 Å². The molecular weight excluding hydrogens is 234 g/mol. The third-order valence-corrected chi connectivity index (χ3v) is 4.16. The number of nitrogens with zero attached hydrogens (tertiary/aromatic N) is 3. The fourth-order valence-corrected chi connectivity index (χ4v) is 3.09. The first-order chi connectivity index (χ1) is 8.28. The van der Waals surface area contributed by atoms with Crippen LogP contribution in [0.2, 0.25) is 0 Å². The molecule has 0 unspecified atom stereocenters. The lowest BCUT2D eigenvalue weighted by Crippen LogP contribution is -2.07. The Hall–Kier alpha value is -1.49. The van der Waals surface area contributed by atoms with Crippen molar-refractivity contribution in [2.45, 2.75) is 32.7 Å². The van der Waals surface area contributed by atoms with E-state index in [1.165, 1.54) is 11.3 Å². The Labute approximate surface area is 103 Å². The number of fused-ring (bicyclic) bond motifs is 1.